The summed E-state index contributed by atoms with van der Waals surface area (Å²) < 4.78 is 0. The van der Waals surface area contributed by atoms with Crippen LogP contribution in [-0.2, 0) is 17.6 Å². The number of Topliss-reactive ketones (excluding diaryl/α,β-unsaturated/α-hetero) is 1. The van der Waals surface area contributed by atoms with Crippen LogP contribution in [0.2, 0.25) is 0 Å². The molecule has 0 atom stereocenters. The van der Waals surface area contributed by atoms with E-state index >= 15 is 0 Å². The molecule has 0 radical (unpaired) electrons. The fraction of sp³-hybridized carbons (Fsp3) is 0.605. The number of hydrogen-bond acceptors (Lipinski definition) is 1. The molecule has 2 aromatic rings. The Labute approximate surface area is 279 Å². The van der Waals surface area contributed by atoms with Crippen molar-refractivity contribution in [3.05, 3.63) is 83.0 Å². The molecule has 2 rings (SSSR count). The highest BCUT2D eigenvalue weighted by Gasteiger charge is 2.08. The molecule has 0 saturated heterocycles. The molecule has 0 bridgehead atoms. The summed E-state index contributed by atoms with van der Waals surface area (Å²) in [5, 5.41) is 0. The summed E-state index contributed by atoms with van der Waals surface area (Å²) in [5.41, 5.74) is 8.69. The average Bonchev–Trinajstić information content (AvgIpc) is 3.03. The Hall–Kier alpha value is -2.41. The predicted molar refractivity (Wildman–Crippen MR) is 208 cm³/mol. The van der Waals surface area contributed by atoms with Crippen molar-refractivity contribution in [2.24, 2.45) is 5.92 Å². The maximum absolute atomic E-state index is 12.0. The fourth-order valence-electron chi connectivity index (χ4n) is 3.47. The van der Waals surface area contributed by atoms with E-state index in [0.717, 1.165) is 37.2 Å². The summed E-state index contributed by atoms with van der Waals surface area (Å²) in [6.45, 7) is 39.1. The molecular weight excluding hydrogens is 532 g/mol. The van der Waals surface area contributed by atoms with Crippen LogP contribution in [0.1, 0.15) is 166 Å². The molecule has 0 amide bonds. The highest BCUT2D eigenvalue weighted by molar-refractivity contribution is 5.94. The Morgan fingerprint density at radius 1 is 0.773 bits per heavy atom. The molecule has 0 N–H and O–H groups in total. The van der Waals surface area contributed by atoms with Crippen molar-refractivity contribution in [2.45, 2.75) is 169 Å². The van der Waals surface area contributed by atoms with Gasteiger partial charge in [0.1, 0.15) is 0 Å². The first kappa shape index (κ1) is 51.2. The minimum Gasteiger partial charge on any atom is -0.295 e. The summed E-state index contributed by atoms with van der Waals surface area (Å²) in [6, 6.07) is 15.4. The predicted octanol–water partition coefficient (Wildman–Crippen LogP) is 15.0. The van der Waals surface area contributed by atoms with Crippen molar-refractivity contribution in [1.82, 2.24) is 0 Å². The van der Waals surface area contributed by atoms with E-state index in [-0.39, 0.29) is 5.78 Å². The van der Waals surface area contributed by atoms with Gasteiger partial charge in [0.05, 0.1) is 0 Å². The van der Waals surface area contributed by atoms with Crippen LogP contribution in [0.3, 0.4) is 0 Å². The summed E-state index contributed by atoms with van der Waals surface area (Å²) in [6.07, 6.45) is 10.4. The lowest BCUT2D eigenvalue weighted by molar-refractivity contribution is -0.115. The van der Waals surface area contributed by atoms with Gasteiger partial charge < -0.3 is 0 Å². The van der Waals surface area contributed by atoms with Gasteiger partial charge in [-0.05, 0) is 85.8 Å². The van der Waals surface area contributed by atoms with Gasteiger partial charge in [-0.1, -0.05) is 177 Å². The standard InChI is InChI=1S/C23H28O.C7H14.C4H10.C3H8.3C2H6/c1-5-8-19-9-7-10-21(15-19)22-16-20(12-11-18(22)4)13-14-23(24)17(3)6-2;1-4-6-7(3)5-2;1-4(2)3;1-3-2;3*1-2/h6-7,9-12,15-16H,5,8,13-14H2,1-4H3;3-6H2,1-2H3;4H,1-3H3;3H2,1-2H3;3*1-2H3/b17-6+;;;;;;. The first-order chi connectivity index (χ1) is 21.0. The molecule has 0 heterocycles. The van der Waals surface area contributed by atoms with Gasteiger partial charge in [-0.15, -0.1) is 0 Å². The van der Waals surface area contributed by atoms with E-state index in [9.17, 15) is 4.79 Å². The average molecular weight is 611 g/mol. The van der Waals surface area contributed by atoms with Gasteiger partial charge in [-0.3, -0.25) is 4.79 Å². The Morgan fingerprint density at radius 3 is 1.68 bits per heavy atom. The molecule has 0 aromatic heterocycles. The van der Waals surface area contributed by atoms with Crippen LogP contribution in [0.15, 0.2) is 66.3 Å². The third kappa shape index (κ3) is 31.0. The van der Waals surface area contributed by atoms with Crippen LogP contribution in [0, 0.1) is 12.8 Å². The molecule has 0 aliphatic rings. The monoisotopic (exact) mass is 611 g/mol. The molecule has 1 heteroatoms. The molecule has 256 valence electrons. The van der Waals surface area contributed by atoms with E-state index in [2.05, 4.69) is 111 Å². The highest BCUT2D eigenvalue weighted by Crippen LogP contribution is 2.26. The Morgan fingerprint density at radius 2 is 1.27 bits per heavy atom. The Balaban J connectivity index is -0.000000209. The van der Waals surface area contributed by atoms with Crippen molar-refractivity contribution in [3.8, 4) is 11.1 Å². The third-order valence-corrected chi connectivity index (χ3v) is 5.70. The first-order valence-corrected chi connectivity index (χ1v) is 18.0. The van der Waals surface area contributed by atoms with E-state index in [1.54, 1.807) is 0 Å². The lowest BCUT2D eigenvalue weighted by Gasteiger charge is -2.11. The summed E-state index contributed by atoms with van der Waals surface area (Å²) in [5.74, 6) is 1.07. The number of allylic oxidation sites excluding steroid dienone is 3. The van der Waals surface area contributed by atoms with Crippen LogP contribution in [0.5, 0.6) is 0 Å². The van der Waals surface area contributed by atoms with Gasteiger partial charge in [0.15, 0.2) is 5.78 Å². The van der Waals surface area contributed by atoms with E-state index in [0.29, 0.717) is 6.42 Å². The molecule has 0 spiro atoms. The Kier molecular flexibility index (Phi) is 44.9. The van der Waals surface area contributed by atoms with Gasteiger partial charge in [0.25, 0.3) is 0 Å². The Bertz CT molecular complexity index is 927. The second kappa shape index (κ2) is 38.6. The van der Waals surface area contributed by atoms with Crippen molar-refractivity contribution < 1.29 is 4.79 Å². The summed E-state index contributed by atoms with van der Waals surface area (Å²) in [4.78, 5) is 12.0. The van der Waals surface area contributed by atoms with Crippen LogP contribution in [0.4, 0.5) is 0 Å². The van der Waals surface area contributed by atoms with Crippen LogP contribution >= 0.6 is 0 Å². The van der Waals surface area contributed by atoms with E-state index in [4.69, 9.17) is 0 Å². The lowest BCUT2D eigenvalue weighted by atomic mass is 9.94. The number of ketones is 1. The lowest BCUT2D eigenvalue weighted by Crippen LogP contribution is -2.01. The molecule has 1 nitrogen and oxygen atoms in total. The minimum atomic E-state index is 0.240. The minimum absolute atomic E-state index is 0.240. The third-order valence-electron chi connectivity index (χ3n) is 5.70. The normalized spacial score (nSPS) is 9.36. The first-order valence-electron chi connectivity index (χ1n) is 18.0. The molecule has 2 aromatic carbocycles. The van der Waals surface area contributed by atoms with E-state index < -0.39 is 0 Å². The maximum atomic E-state index is 12.0. The van der Waals surface area contributed by atoms with Gasteiger partial charge in [-0.2, -0.15) is 0 Å². The van der Waals surface area contributed by atoms with Crippen molar-refractivity contribution in [2.75, 3.05) is 0 Å². The van der Waals surface area contributed by atoms with E-state index in [1.165, 1.54) is 52.7 Å². The SMILES string of the molecule is C/C=C(\C)C(=O)CCc1ccc(C)c(-c2cccc(CCC)c2)c1.C=C(CC)CCC.CC.CC.CC.CC(C)C.CCC. The number of rotatable bonds is 10. The molecule has 0 saturated carbocycles. The molecule has 44 heavy (non-hydrogen) atoms. The molecule has 0 aliphatic carbocycles. The van der Waals surface area contributed by atoms with Crippen LogP contribution in [-0.4, -0.2) is 5.78 Å². The van der Waals surface area contributed by atoms with Gasteiger partial charge in [0.2, 0.25) is 0 Å². The smallest absolute Gasteiger partial charge is 0.158 e. The highest BCUT2D eigenvalue weighted by atomic mass is 16.1. The number of carbonyl (C=O) groups is 1. The number of benzene rings is 2. The second-order valence-corrected chi connectivity index (χ2v) is 10.8. The maximum Gasteiger partial charge on any atom is 0.158 e. The van der Waals surface area contributed by atoms with E-state index in [1.807, 2.05) is 61.5 Å². The van der Waals surface area contributed by atoms with Gasteiger partial charge >= 0.3 is 0 Å². The topological polar surface area (TPSA) is 17.1 Å². The van der Waals surface area contributed by atoms with Crippen molar-refractivity contribution >= 4 is 5.78 Å². The number of carbonyl (C=O) groups excluding carboxylic acids is 1. The zero-order valence-electron chi connectivity index (χ0n) is 33.0. The molecule has 0 aliphatic heterocycles. The van der Waals surface area contributed by atoms with Gasteiger partial charge in [-0.25, -0.2) is 0 Å². The molecule has 0 fully saturated rings. The summed E-state index contributed by atoms with van der Waals surface area (Å²) in [7, 11) is 0. The molecule has 0 unspecified atom stereocenters. The van der Waals surface area contributed by atoms with Crippen LogP contribution in [0.25, 0.3) is 11.1 Å². The zero-order chi connectivity index (χ0) is 35.5. The van der Waals surface area contributed by atoms with Crippen LogP contribution < -0.4 is 0 Å². The second-order valence-electron chi connectivity index (χ2n) is 10.8. The van der Waals surface area contributed by atoms with Gasteiger partial charge in [0, 0.05) is 6.42 Å². The number of hydrogen-bond donors (Lipinski definition) is 0. The quantitative estimate of drug-likeness (QED) is 0.193. The van der Waals surface area contributed by atoms with Crippen molar-refractivity contribution in [1.29, 1.82) is 0 Å². The van der Waals surface area contributed by atoms with Crippen molar-refractivity contribution in [3.63, 3.8) is 0 Å². The molecular formula is C43H78O. The largest absolute Gasteiger partial charge is 0.295 e. The number of aryl methyl sites for hydroxylation is 3. The zero-order valence-corrected chi connectivity index (χ0v) is 33.0. The fourth-order valence-corrected chi connectivity index (χ4v) is 3.47. The summed E-state index contributed by atoms with van der Waals surface area (Å²) >= 11 is 0.